The molecule has 3 N–H and O–H groups in total. The van der Waals surface area contributed by atoms with Crippen LogP contribution in [-0.2, 0) is 4.79 Å². The van der Waals surface area contributed by atoms with E-state index < -0.39 is 0 Å². The number of nitrogens with one attached hydrogen (secondary N) is 1. The average Bonchev–Trinajstić information content (AvgIpc) is 2.81. The Bertz CT molecular complexity index is 453. The Morgan fingerprint density at radius 3 is 2.94 bits per heavy atom. The molecule has 0 aromatic heterocycles. The molecule has 0 spiro atoms. The van der Waals surface area contributed by atoms with Crippen molar-refractivity contribution in [3.8, 4) is 0 Å². The van der Waals surface area contributed by atoms with Crippen LogP contribution in [0, 0.1) is 11.8 Å². The first-order valence-electron chi connectivity index (χ1n) is 6.08. The third-order valence-corrected chi connectivity index (χ3v) is 4.38. The molecule has 1 saturated carbocycles. The highest BCUT2D eigenvalue weighted by Gasteiger charge is 2.32. The summed E-state index contributed by atoms with van der Waals surface area (Å²) >= 11 is 9.26. The zero-order chi connectivity index (χ0) is 13.1. The lowest BCUT2D eigenvalue weighted by Gasteiger charge is -2.18. The highest BCUT2D eigenvalue weighted by atomic mass is 79.9. The largest absolute Gasteiger partial charge is 0.330 e. The van der Waals surface area contributed by atoms with E-state index in [0.29, 0.717) is 17.5 Å². The fraction of sp³-hybridized carbons (Fsp3) is 0.462. The van der Waals surface area contributed by atoms with Crippen LogP contribution in [0.1, 0.15) is 19.3 Å². The van der Waals surface area contributed by atoms with E-state index in [9.17, 15) is 4.79 Å². The van der Waals surface area contributed by atoms with E-state index in [1.165, 1.54) is 0 Å². The average molecular weight is 332 g/mol. The number of rotatable bonds is 3. The topological polar surface area (TPSA) is 55.1 Å². The van der Waals surface area contributed by atoms with E-state index in [0.717, 1.165) is 29.4 Å². The molecule has 5 heteroatoms. The third kappa shape index (κ3) is 3.05. The van der Waals surface area contributed by atoms with Crippen molar-refractivity contribution in [3.05, 3.63) is 27.7 Å². The number of carbonyl (C=O) groups is 1. The van der Waals surface area contributed by atoms with Gasteiger partial charge in [-0.2, -0.15) is 0 Å². The van der Waals surface area contributed by atoms with Crippen molar-refractivity contribution < 1.29 is 4.79 Å². The molecule has 2 rings (SSSR count). The molecule has 1 amide bonds. The molecule has 3 nitrogen and oxygen atoms in total. The first kappa shape index (κ1) is 13.8. The molecule has 1 aliphatic carbocycles. The van der Waals surface area contributed by atoms with Crippen LogP contribution in [0.2, 0.25) is 5.02 Å². The van der Waals surface area contributed by atoms with Crippen LogP contribution in [0.3, 0.4) is 0 Å². The number of anilines is 1. The summed E-state index contributed by atoms with van der Waals surface area (Å²) in [6, 6.07) is 5.33. The van der Waals surface area contributed by atoms with Gasteiger partial charge < -0.3 is 11.1 Å². The van der Waals surface area contributed by atoms with Crippen molar-refractivity contribution in [3.63, 3.8) is 0 Å². The Morgan fingerprint density at radius 1 is 1.50 bits per heavy atom. The van der Waals surface area contributed by atoms with Crippen molar-refractivity contribution in [2.24, 2.45) is 17.6 Å². The quantitative estimate of drug-likeness (QED) is 0.891. The van der Waals surface area contributed by atoms with Crippen LogP contribution in [0.15, 0.2) is 22.7 Å². The molecule has 0 heterocycles. The Balaban J connectivity index is 2.07. The summed E-state index contributed by atoms with van der Waals surface area (Å²) < 4.78 is 0.797. The second-order valence-electron chi connectivity index (χ2n) is 4.65. The van der Waals surface area contributed by atoms with Crippen LogP contribution < -0.4 is 11.1 Å². The van der Waals surface area contributed by atoms with E-state index >= 15 is 0 Å². The molecule has 2 unspecified atom stereocenters. The highest BCUT2D eigenvalue weighted by Crippen LogP contribution is 2.33. The van der Waals surface area contributed by atoms with Crippen molar-refractivity contribution in [1.29, 1.82) is 0 Å². The van der Waals surface area contributed by atoms with Gasteiger partial charge in [-0.1, -0.05) is 18.0 Å². The van der Waals surface area contributed by atoms with E-state index in [2.05, 4.69) is 21.2 Å². The van der Waals surface area contributed by atoms with Crippen molar-refractivity contribution >= 4 is 39.1 Å². The minimum atomic E-state index is 0.0394. The smallest absolute Gasteiger partial charge is 0.227 e. The lowest BCUT2D eigenvalue weighted by atomic mass is 9.95. The van der Waals surface area contributed by atoms with Crippen molar-refractivity contribution in [2.45, 2.75) is 19.3 Å². The predicted molar refractivity (Wildman–Crippen MR) is 77.7 cm³/mol. The number of halogens is 2. The molecule has 0 bridgehead atoms. The molecule has 0 radical (unpaired) electrons. The molecule has 0 aliphatic heterocycles. The molecule has 1 fully saturated rings. The standard InChI is InChI=1S/C13H16BrClN2O/c14-11-6-9(15)4-5-12(11)17-13(18)10-3-1-2-8(10)7-16/h4-6,8,10H,1-3,7,16H2,(H,17,18). The maximum Gasteiger partial charge on any atom is 0.227 e. The van der Waals surface area contributed by atoms with Gasteiger partial charge in [0, 0.05) is 15.4 Å². The van der Waals surface area contributed by atoms with Gasteiger partial charge in [-0.05, 0) is 59.4 Å². The summed E-state index contributed by atoms with van der Waals surface area (Å²) in [5.74, 6) is 0.416. The minimum Gasteiger partial charge on any atom is -0.330 e. The fourth-order valence-electron chi connectivity index (χ4n) is 2.48. The molecular formula is C13H16BrClN2O. The highest BCUT2D eigenvalue weighted by molar-refractivity contribution is 9.10. The molecule has 1 aromatic carbocycles. The molecular weight excluding hydrogens is 316 g/mol. The van der Waals surface area contributed by atoms with Crippen molar-refractivity contribution in [1.82, 2.24) is 0 Å². The first-order valence-corrected chi connectivity index (χ1v) is 7.25. The molecule has 98 valence electrons. The Morgan fingerprint density at radius 2 is 2.28 bits per heavy atom. The van der Waals surface area contributed by atoms with E-state index in [-0.39, 0.29) is 11.8 Å². The van der Waals surface area contributed by atoms with Gasteiger partial charge >= 0.3 is 0 Å². The van der Waals surface area contributed by atoms with Crippen LogP contribution in [0.5, 0.6) is 0 Å². The lowest BCUT2D eigenvalue weighted by molar-refractivity contribution is -0.120. The minimum absolute atomic E-state index is 0.0394. The van der Waals surface area contributed by atoms with Gasteiger partial charge in [-0.3, -0.25) is 4.79 Å². The zero-order valence-corrected chi connectivity index (χ0v) is 12.3. The van der Waals surface area contributed by atoms with E-state index in [1.54, 1.807) is 18.2 Å². The van der Waals surface area contributed by atoms with Gasteiger partial charge in [0.15, 0.2) is 0 Å². The maximum atomic E-state index is 12.2. The molecule has 2 atom stereocenters. The Hall–Kier alpha value is -0.580. The Kier molecular flexibility index (Phi) is 4.65. The van der Waals surface area contributed by atoms with Gasteiger partial charge in [-0.25, -0.2) is 0 Å². The summed E-state index contributed by atoms with van der Waals surface area (Å²) in [5, 5.41) is 3.58. The monoisotopic (exact) mass is 330 g/mol. The molecule has 18 heavy (non-hydrogen) atoms. The second-order valence-corrected chi connectivity index (χ2v) is 5.94. The summed E-state index contributed by atoms with van der Waals surface area (Å²) in [5.41, 5.74) is 6.45. The molecule has 0 saturated heterocycles. The normalized spacial score (nSPS) is 23.1. The lowest BCUT2D eigenvalue weighted by Crippen LogP contribution is -2.29. The van der Waals surface area contributed by atoms with Gasteiger partial charge in [-0.15, -0.1) is 0 Å². The van der Waals surface area contributed by atoms with Gasteiger partial charge in [0.2, 0.25) is 5.91 Å². The molecule has 1 aromatic rings. The SMILES string of the molecule is NCC1CCCC1C(=O)Nc1ccc(Cl)cc1Br. The summed E-state index contributed by atoms with van der Waals surface area (Å²) in [7, 11) is 0. The maximum absolute atomic E-state index is 12.2. The summed E-state index contributed by atoms with van der Waals surface area (Å²) in [6.45, 7) is 0.583. The second kappa shape index (κ2) is 6.04. The van der Waals surface area contributed by atoms with Crippen LogP contribution in [0.25, 0.3) is 0 Å². The van der Waals surface area contributed by atoms with Gasteiger partial charge in [0.05, 0.1) is 5.69 Å². The van der Waals surface area contributed by atoms with Gasteiger partial charge in [0.25, 0.3) is 0 Å². The zero-order valence-electron chi connectivity index (χ0n) is 9.96. The van der Waals surface area contributed by atoms with E-state index in [1.807, 2.05) is 0 Å². The van der Waals surface area contributed by atoms with Crippen molar-refractivity contribution in [2.75, 3.05) is 11.9 Å². The van der Waals surface area contributed by atoms with Crippen LogP contribution >= 0.6 is 27.5 Å². The van der Waals surface area contributed by atoms with Crippen LogP contribution in [-0.4, -0.2) is 12.5 Å². The number of amides is 1. The Labute approximate surface area is 120 Å². The number of hydrogen-bond acceptors (Lipinski definition) is 2. The number of hydrogen-bond donors (Lipinski definition) is 2. The first-order chi connectivity index (χ1) is 8.61. The number of carbonyl (C=O) groups excluding carboxylic acids is 1. The number of benzene rings is 1. The molecule has 1 aliphatic rings. The third-order valence-electron chi connectivity index (χ3n) is 3.49. The van der Waals surface area contributed by atoms with Gasteiger partial charge in [0.1, 0.15) is 0 Å². The summed E-state index contributed by atoms with van der Waals surface area (Å²) in [6.07, 6.45) is 3.07. The van der Waals surface area contributed by atoms with E-state index in [4.69, 9.17) is 17.3 Å². The fourth-order valence-corrected chi connectivity index (χ4v) is 3.26. The number of nitrogens with two attached hydrogens (primary N) is 1. The van der Waals surface area contributed by atoms with Crippen LogP contribution in [0.4, 0.5) is 5.69 Å². The predicted octanol–water partition coefficient (Wildman–Crippen LogP) is 3.42. The summed E-state index contributed by atoms with van der Waals surface area (Å²) in [4.78, 5) is 12.2.